The highest BCUT2D eigenvalue weighted by Gasteiger charge is 2.36. The van der Waals surface area contributed by atoms with Crippen molar-refractivity contribution in [2.45, 2.75) is 37.6 Å². The van der Waals surface area contributed by atoms with Crippen LogP contribution in [-0.4, -0.2) is 35.9 Å². The van der Waals surface area contributed by atoms with E-state index in [1.165, 1.54) is 11.3 Å². The number of nitrogens with zero attached hydrogens (tertiary/aromatic N) is 2. The summed E-state index contributed by atoms with van der Waals surface area (Å²) in [6.45, 7) is 4.72. The zero-order valence-corrected chi connectivity index (χ0v) is 17.5. The van der Waals surface area contributed by atoms with E-state index in [4.69, 9.17) is 4.74 Å². The maximum Gasteiger partial charge on any atom is 0.417 e. The van der Waals surface area contributed by atoms with Gasteiger partial charge in [-0.15, -0.1) is 11.3 Å². The second kappa shape index (κ2) is 10.6. The predicted octanol–water partition coefficient (Wildman–Crippen LogP) is 4.72. The summed E-state index contributed by atoms with van der Waals surface area (Å²) in [5, 5.41) is 13.6. The number of rotatable bonds is 9. The maximum atomic E-state index is 13.5. The van der Waals surface area contributed by atoms with Gasteiger partial charge in [0.05, 0.1) is 33.6 Å². The maximum absolute atomic E-state index is 13.5. The third kappa shape index (κ3) is 7.03. The van der Waals surface area contributed by atoms with E-state index in [1.54, 1.807) is 23.6 Å². The number of aromatic nitrogens is 1. The summed E-state index contributed by atoms with van der Waals surface area (Å²) in [7, 11) is 0. The van der Waals surface area contributed by atoms with Gasteiger partial charge in [0.2, 0.25) is 5.91 Å². The summed E-state index contributed by atoms with van der Waals surface area (Å²) in [5.41, 5.74) is -1.49. The van der Waals surface area contributed by atoms with Gasteiger partial charge < -0.3 is 10.1 Å². The molecule has 5 nitrogen and oxygen atoms in total. The molecule has 2 rings (SSSR count). The smallest absolute Gasteiger partial charge is 0.379 e. The molecule has 0 saturated carbocycles. The van der Waals surface area contributed by atoms with Gasteiger partial charge >= 0.3 is 6.18 Å². The summed E-state index contributed by atoms with van der Waals surface area (Å²) in [4.78, 5) is 16.8. The van der Waals surface area contributed by atoms with Crippen molar-refractivity contribution in [3.63, 3.8) is 0 Å². The second-order valence-electron chi connectivity index (χ2n) is 6.23. The fraction of sp³-hybridized carbons (Fsp3) is 0.421. The van der Waals surface area contributed by atoms with Gasteiger partial charge in [0.15, 0.2) is 0 Å². The Balaban J connectivity index is 2.12. The quantitative estimate of drug-likeness (QED) is 0.448. The summed E-state index contributed by atoms with van der Waals surface area (Å²) in [6, 6.07) is 5.82. The van der Waals surface area contributed by atoms with Crippen molar-refractivity contribution in [2.75, 3.05) is 18.9 Å². The van der Waals surface area contributed by atoms with E-state index in [2.05, 4.69) is 10.3 Å². The van der Waals surface area contributed by atoms with Crippen molar-refractivity contribution in [1.82, 2.24) is 10.3 Å². The number of thioether (sulfide) groups is 1. The molecule has 2 heterocycles. The van der Waals surface area contributed by atoms with Crippen molar-refractivity contribution in [3.8, 4) is 16.6 Å². The van der Waals surface area contributed by atoms with Gasteiger partial charge in [-0.25, -0.2) is 4.98 Å². The summed E-state index contributed by atoms with van der Waals surface area (Å²) >= 11 is 2.06. The van der Waals surface area contributed by atoms with E-state index in [0.29, 0.717) is 24.4 Å². The summed E-state index contributed by atoms with van der Waals surface area (Å²) in [6.07, 6.45) is -3.97. The number of nitriles is 1. The molecule has 1 amide bonds. The SMILES string of the molecule is CC(C)OCCCNC(=O)CSc1nc(-c2cccs2)cc(C(F)(F)F)c1C#N. The minimum Gasteiger partial charge on any atom is -0.379 e. The van der Waals surface area contributed by atoms with E-state index in [9.17, 15) is 23.2 Å². The molecule has 156 valence electrons. The van der Waals surface area contributed by atoms with Crippen LogP contribution in [0.3, 0.4) is 0 Å². The van der Waals surface area contributed by atoms with Gasteiger partial charge in [-0.2, -0.15) is 18.4 Å². The zero-order valence-electron chi connectivity index (χ0n) is 15.9. The van der Waals surface area contributed by atoms with Crippen LogP contribution < -0.4 is 5.32 Å². The molecule has 2 aromatic heterocycles. The Morgan fingerprint density at radius 3 is 2.79 bits per heavy atom. The molecular weight excluding hydrogens is 423 g/mol. The highest BCUT2D eigenvalue weighted by molar-refractivity contribution is 8.00. The number of hydrogen-bond donors (Lipinski definition) is 1. The number of hydrogen-bond acceptors (Lipinski definition) is 6. The Morgan fingerprint density at radius 2 is 2.21 bits per heavy atom. The molecule has 0 aromatic carbocycles. The van der Waals surface area contributed by atoms with Gasteiger partial charge in [-0.05, 0) is 37.8 Å². The molecule has 2 aromatic rings. The fourth-order valence-corrected chi connectivity index (χ4v) is 3.83. The lowest BCUT2D eigenvalue weighted by atomic mass is 10.1. The molecule has 1 N–H and O–H groups in total. The number of thiophene rings is 1. The van der Waals surface area contributed by atoms with Crippen LogP contribution in [0.5, 0.6) is 0 Å². The van der Waals surface area contributed by atoms with Crippen LogP contribution in [0, 0.1) is 11.3 Å². The van der Waals surface area contributed by atoms with Crippen molar-refractivity contribution in [1.29, 1.82) is 5.26 Å². The lowest BCUT2D eigenvalue weighted by Crippen LogP contribution is -2.27. The first-order chi connectivity index (χ1) is 13.7. The third-order valence-electron chi connectivity index (χ3n) is 3.61. The largest absolute Gasteiger partial charge is 0.417 e. The molecule has 0 unspecified atom stereocenters. The lowest BCUT2D eigenvalue weighted by molar-refractivity contribution is -0.138. The van der Waals surface area contributed by atoms with Crippen LogP contribution >= 0.6 is 23.1 Å². The van der Waals surface area contributed by atoms with Crippen molar-refractivity contribution in [2.24, 2.45) is 0 Å². The first-order valence-corrected chi connectivity index (χ1v) is 10.7. The van der Waals surface area contributed by atoms with E-state index in [-0.39, 0.29) is 28.5 Å². The minimum absolute atomic E-state index is 0.107. The first-order valence-electron chi connectivity index (χ1n) is 8.79. The highest BCUT2D eigenvalue weighted by Crippen LogP contribution is 2.38. The zero-order chi connectivity index (χ0) is 21.4. The van der Waals surface area contributed by atoms with Gasteiger partial charge in [0, 0.05) is 13.2 Å². The molecule has 0 aliphatic rings. The molecule has 0 fully saturated rings. The first kappa shape index (κ1) is 23.2. The van der Waals surface area contributed by atoms with Gasteiger partial charge in [0.25, 0.3) is 0 Å². The third-order valence-corrected chi connectivity index (χ3v) is 5.48. The number of carbonyl (C=O) groups is 1. The van der Waals surface area contributed by atoms with Gasteiger partial charge in [-0.1, -0.05) is 17.8 Å². The number of alkyl halides is 3. The van der Waals surface area contributed by atoms with Crippen molar-refractivity contribution in [3.05, 3.63) is 34.7 Å². The monoisotopic (exact) mass is 443 g/mol. The topological polar surface area (TPSA) is 75.0 Å². The summed E-state index contributed by atoms with van der Waals surface area (Å²) < 4.78 is 45.7. The molecule has 0 saturated heterocycles. The number of nitrogens with one attached hydrogen (secondary N) is 1. The highest BCUT2D eigenvalue weighted by atomic mass is 32.2. The van der Waals surface area contributed by atoms with E-state index in [1.807, 2.05) is 13.8 Å². The molecule has 0 aliphatic carbocycles. The van der Waals surface area contributed by atoms with Crippen LogP contribution in [0.15, 0.2) is 28.6 Å². The number of pyridine rings is 1. The van der Waals surface area contributed by atoms with Crippen LogP contribution in [0.25, 0.3) is 10.6 Å². The van der Waals surface area contributed by atoms with Crippen LogP contribution in [-0.2, 0) is 15.7 Å². The van der Waals surface area contributed by atoms with Crippen molar-refractivity contribution >= 4 is 29.0 Å². The number of amides is 1. The molecular formula is C19H20F3N3O2S2. The summed E-state index contributed by atoms with van der Waals surface area (Å²) in [5.74, 6) is -0.488. The average molecular weight is 444 g/mol. The Morgan fingerprint density at radius 1 is 1.45 bits per heavy atom. The Hall–Kier alpha value is -2.09. The minimum atomic E-state index is -4.70. The Kier molecular flexibility index (Phi) is 8.49. The van der Waals surface area contributed by atoms with Crippen molar-refractivity contribution < 1.29 is 22.7 Å². The fourth-order valence-electron chi connectivity index (χ4n) is 2.31. The number of halogens is 3. The second-order valence-corrected chi connectivity index (χ2v) is 8.15. The average Bonchev–Trinajstić information content (AvgIpc) is 3.19. The Bertz CT molecular complexity index is 863. The molecule has 29 heavy (non-hydrogen) atoms. The van der Waals surface area contributed by atoms with Gasteiger partial charge in [-0.3, -0.25) is 4.79 Å². The molecule has 0 radical (unpaired) electrons. The number of ether oxygens (including phenoxy) is 1. The van der Waals surface area contributed by atoms with Crippen LogP contribution in [0.4, 0.5) is 13.2 Å². The molecule has 10 heteroatoms. The Labute approximate surface area is 175 Å². The van der Waals surface area contributed by atoms with Gasteiger partial charge in [0.1, 0.15) is 11.1 Å². The number of carbonyl (C=O) groups excluding carboxylic acids is 1. The lowest BCUT2D eigenvalue weighted by Gasteiger charge is -2.13. The normalized spacial score (nSPS) is 11.5. The van der Waals surface area contributed by atoms with E-state index < -0.39 is 17.3 Å². The standard InChI is InChI=1S/C19H20F3N3O2S2/c1-12(2)27-7-4-6-24-17(26)11-29-18-13(10-23)14(19(20,21)22)9-15(25-18)16-5-3-8-28-16/h3,5,8-9,12H,4,6-7,11H2,1-2H3,(H,24,26). The molecule has 0 aliphatic heterocycles. The molecule has 0 bridgehead atoms. The molecule has 0 spiro atoms. The molecule has 0 atom stereocenters. The van der Waals surface area contributed by atoms with E-state index in [0.717, 1.165) is 17.8 Å². The van der Waals surface area contributed by atoms with E-state index >= 15 is 0 Å². The predicted molar refractivity (Wildman–Crippen MR) is 107 cm³/mol. The van der Waals surface area contributed by atoms with Crippen LogP contribution in [0.1, 0.15) is 31.4 Å². The van der Waals surface area contributed by atoms with Crippen LogP contribution in [0.2, 0.25) is 0 Å².